The second-order valence-corrected chi connectivity index (χ2v) is 10.1. The largest absolute Gasteiger partial charge is 3.00 e. The molecule has 1 heterocycles. The molecular weight excluding hydrogens is 666 g/mol. The van der Waals surface area contributed by atoms with Gasteiger partial charge in [-0.3, -0.25) is 20.0 Å². The maximum atomic E-state index is 12.5. The molecule has 1 N–H and O–H groups in total. The van der Waals surface area contributed by atoms with Gasteiger partial charge in [0, 0.05) is 22.5 Å². The molecule has 15 heteroatoms. The molecule has 6 aromatic rings. The number of hydrogen-bond acceptors (Lipinski definition) is 10. The fourth-order valence-electron chi connectivity index (χ4n) is 4.23. The van der Waals surface area contributed by atoms with E-state index in [1.807, 2.05) is 24.3 Å². The van der Waals surface area contributed by atoms with Crippen LogP contribution in [0.1, 0.15) is 5.69 Å². The van der Waals surface area contributed by atoms with Gasteiger partial charge in [0.25, 0.3) is 11.2 Å². The summed E-state index contributed by atoms with van der Waals surface area (Å²) >= 11 is 5.82. The van der Waals surface area contributed by atoms with E-state index in [0.29, 0.717) is 21.8 Å². The standard InChI is InChI=1S/C16H11ClN2O2.C16H13N5O4.Cr/c17-11-6-8-14(20)13(9-11)18-19-16-12-4-2-1-3-10(12)5-7-15(16)21;1-10-15(16(23)20(19-10)11-5-3-2-4-6-11)18-17-13-9-12(21(24)25)7-8-14(13)22;/h1-9,20-21H;2-9,19,22H,1H3;/q;;+3/p-3. The topological polar surface area (TPSA) is 200 Å². The molecule has 0 atom stereocenters. The predicted octanol–water partition coefficient (Wildman–Crippen LogP) is 6.92. The van der Waals surface area contributed by atoms with Gasteiger partial charge < -0.3 is 15.3 Å². The first kappa shape index (κ1) is 34.1. The number of para-hydroxylation sites is 1. The molecule has 1 aromatic heterocycles. The molecule has 1 radical (unpaired) electrons. The van der Waals surface area contributed by atoms with Crippen LogP contribution in [0.5, 0.6) is 17.2 Å². The number of hydrogen-bond donors (Lipinski definition) is 1. The first-order chi connectivity index (χ1) is 22.1. The van der Waals surface area contributed by atoms with Crippen molar-refractivity contribution in [2.45, 2.75) is 6.92 Å². The molecule has 47 heavy (non-hydrogen) atoms. The zero-order chi connectivity index (χ0) is 32.8. The summed E-state index contributed by atoms with van der Waals surface area (Å²) in [5.74, 6) is -1.06. The Morgan fingerprint density at radius 3 is 2.02 bits per heavy atom. The van der Waals surface area contributed by atoms with Gasteiger partial charge in [0.1, 0.15) is 0 Å². The summed E-state index contributed by atoms with van der Waals surface area (Å²) in [6.45, 7) is 1.64. The molecule has 6 rings (SSSR count). The number of nitrogens with one attached hydrogen (secondary N) is 1. The van der Waals surface area contributed by atoms with Crippen molar-refractivity contribution in [3.05, 3.63) is 134 Å². The summed E-state index contributed by atoms with van der Waals surface area (Å²) in [6, 6.07) is 26.8. The van der Waals surface area contributed by atoms with Crippen LogP contribution in [0, 0.1) is 17.0 Å². The van der Waals surface area contributed by atoms with Gasteiger partial charge in [-0.15, -0.1) is 5.11 Å². The molecule has 0 fully saturated rings. The van der Waals surface area contributed by atoms with Crippen LogP contribution in [0.25, 0.3) is 16.5 Å². The van der Waals surface area contributed by atoms with Crippen LogP contribution in [0.3, 0.4) is 0 Å². The summed E-state index contributed by atoms with van der Waals surface area (Å²) in [5, 5.41) is 66.4. The van der Waals surface area contributed by atoms with E-state index in [9.17, 15) is 30.2 Å². The molecular formula is C32H21ClCrN7O6. The smallest absolute Gasteiger partial charge is 0.871 e. The number of nitro groups is 1. The van der Waals surface area contributed by atoms with Crippen molar-refractivity contribution < 1.29 is 37.6 Å². The zero-order valence-corrected chi connectivity index (χ0v) is 26.3. The van der Waals surface area contributed by atoms with Crippen LogP contribution in [0.2, 0.25) is 5.02 Å². The molecule has 0 bridgehead atoms. The first-order valence-corrected chi connectivity index (χ1v) is 13.8. The van der Waals surface area contributed by atoms with Gasteiger partial charge in [-0.25, -0.2) is 4.68 Å². The van der Waals surface area contributed by atoms with Gasteiger partial charge in [0.05, 0.1) is 33.4 Å². The van der Waals surface area contributed by atoms with Crippen LogP contribution in [-0.2, 0) is 17.4 Å². The normalized spacial score (nSPS) is 10.9. The fourth-order valence-corrected chi connectivity index (χ4v) is 4.39. The van der Waals surface area contributed by atoms with Crippen LogP contribution < -0.4 is 20.9 Å². The van der Waals surface area contributed by atoms with Crippen LogP contribution >= 0.6 is 11.6 Å². The van der Waals surface area contributed by atoms with Gasteiger partial charge in [-0.2, -0.15) is 15.3 Å². The number of nitro benzene ring substituents is 1. The van der Waals surface area contributed by atoms with Gasteiger partial charge in [0.2, 0.25) is 0 Å². The van der Waals surface area contributed by atoms with E-state index < -0.39 is 16.2 Å². The number of aryl methyl sites for hydroxylation is 1. The number of rotatable bonds is 6. The summed E-state index contributed by atoms with van der Waals surface area (Å²) < 4.78 is 1.30. The Labute approximate surface area is 282 Å². The number of aromatic amines is 1. The molecule has 0 amide bonds. The zero-order valence-electron chi connectivity index (χ0n) is 24.2. The van der Waals surface area contributed by atoms with Gasteiger partial charge in [-0.05, 0) is 36.6 Å². The van der Waals surface area contributed by atoms with Crippen molar-refractivity contribution in [3.63, 3.8) is 0 Å². The number of fused-ring (bicyclic) bond motifs is 1. The third-order valence-corrected chi connectivity index (χ3v) is 6.74. The number of benzene rings is 5. The van der Waals surface area contributed by atoms with Gasteiger partial charge in [-0.1, -0.05) is 95.6 Å². The van der Waals surface area contributed by atoms with Crippen molar-refractivity contribution in [1.29, 1.82) is 0 Å². The van der Waals surface area contributed by atoms with E-state index in [-0.39, 0.29) is 57.3 Å². The minimum atomic E-state index is -0.637. The van der Waals surface area contributed by atoms with Gasteiger partial charge >= 0.3 is 17.4 Å². The third kappa shape index (κ3) is 7.89. The van der Waals surface area contributed by atoms with Crippen LogP contribution in [-0.4, -0.2) is 14.7 Å². The Balaban J connectivity index is 0.000000211. The molecule has 0 spiro atoms. The Morgan fingerprint density at radius 2 is 1.32 bits per heavy atom. The summed E-state index contributed by atoms with van der Waals surface area (Å²) in [4.78, 5) is 22.6. The second-order valence-electron chi connectivity index (χ2n) is 9.62. The average molecular weight is 687 g/mol. The number of aromatic nitrogens is 2. The summed E-state index contributed by atoms with van der Waals surface area (Å²) in [6.07, 6.45) is 0. The monoisotopic (exact) mass is 686 g/mol. The van der Waals surface area contributed by atoms with E-state index in [0.717, 1.165) is 23.6 Å². The Hall–Kier alpha value is -5.81. The number of halogens is 1. The average Bonchev–Trinajstić information content (AvgIpc) is 3.34. The summed E-state index contributed by atoms with van der Waals surface area (Å²) in [5.41, 5.74) is 0.497. The van der Waals surface area contributed by atoms with E-state index in [1.165, 1.54) is 28.9 Å². The number of azo groups is 2. The Kier molecular flexibility index (Phi) is 10.9. The molecule has 0 aliphatic carbocycles. The predicted molar refractivity (Wildman–Crippen MR) is 166 cm³/mol. The maximum Gasteiger partial charge on any atom is 3.00 e. The van der Waals surface area contributed by atoms with Crippen LogP contribution in [0.15, 0.2) is 128 Å². The molecule has 0 unspecified atom stereocenters. The van der Waals surface area contributed by atoms with Crippen molar-refractivity contribution in [2.75, 3.05) is 0 Å². The van der Waals surface area contributed by atoms with Crippen molar-refractivity contribution in [3.8, 4) is 22.9 Å². The minimum absolute atomic E-state index is 0. The summed E-state index contributed by atoms with van der Waals surface area (Å²) in [7, 11) is 0. The van der Waals surface area contributed by atoms with Crippen molar-refractivity contribution in [1.82, 2.24) is 9.78 Å². The van der Waals surface area contributed by atoms with E-state index >= 15 is 0 Å². The molecule has 0 aliphatic heterocycles. The molecule has 233 valence electrons. The number of non-ortho nitro benzene ring substituents is 1. The van der Waals surface area contributed by atoms with E-state index in [4.69, 9.17) is 11.6 Å². The van der Waals surface area contributed by atoms with Crippen molar-refractivity contribution in [2.24, 2.45) is 20.5 Å². The fraction of sp³-hybridized carbons (Fsp3) is 0.0312. The molecule has 5 aromatic carbocycles. The van der Waals surface area contributed by atoms with E-state index in [2.05, 4.69) is 25.6 Å². The molecule has 0 aliphatic rings. The minimum Gasteiger partial charge on any atom is -0.871 e. The molecule has 0 saturated carbocycles. The van der Waals surface area contributed by atoms with E-state index in [1.54, 1.807) is 43.3 Å². The molecule has 13 nitrogen and oxygen atoms in total. The van der Waals surface area contributed by atoms with Crippen LogP contribution in [0.4, 0.5) is 28.4 Å². The molecule has 0 saturated heterocycles. The second kappa shape index (κ2) is 15.0. The Bertz CT molecular complexity index is 2190. The van der Waals surface area contributed by atoms with Crippen molar-refractivity contribution >= 4 is 50.8 Å². The SMILES string of the molecule is Cc1[nH]n(-c2ccccc2)c(=O)c1N=Nc1cc([N+](=O)[O-])ccc1[O-].[Cr+3].[O-]c1ccc(Cl)cc1N=Nc1c([O-])ccc2ccccc12. The third-order valence-electron chi connectivity index (χ3n) is 6.51. The number of nitrogens with zero attached hydrogens (tertiary/aromatic N) is 6. The maximum absolute atomic E-state index is 12.5. The first-order valence-electron chi connectivity index (χ1n) is 13.4. The quantitative estimate of drug-likeness (QED) is 0.112. The Morgan fingerprint density at radius 1 is 0.723 bits per heavy atom. The van der Waals surface area contributed by atoms with Gasteiger partial charge in [0.15, 0.2) is 5.69 Å². The number of H-pyrrole nitrogens is 1.